The van der Waals surface area contributed by atoms with Crippen molar-refractivity contribution in [3.63, 3.8) is 0 Å². The van der Waals surface area contributed by atoms with Gasteiger partial charge in [-0.2, -0.15) is 0 Å². The number of methoxy groups -OCH3 is 1. The van der Waals surface area contributed by atoms with Crippen LogP contribution < -0.4 is 5.73 Å². The maximum Gasteiger partial charge on any atom is 0.325 e. The van der Waals surface area contributed by atoms with Gasteiger partial charge in [0.15, 0.2) is 0 Å². The molecule has 1 saturated carbocycles. The van der Waals surface area contributed by atoms with Crippen molar-refractivity contribution in [3.8, 4) is 0 Å². The average molecular weight is 335 g/mol. The first-order chi connectivity index (χ1) is 8.05. The second-order valence-corrected chi connectivity index (χ2v) is 5.56. The number of rotatable bonds is 2. The summed E-state index contributed by atoms with van der Waals surface area (Å²) in [6, 6.07) is 8.18. The van der Waals surface area contributed by atoms with Gasteiger partial charge < -0.3 is 10.5 Å². The minimum Gasteiger partial charge on any atom is -0.468 e. The molecule has 0 unspecified atom stereocenters. The number of benzene rings is 1. The maximum atomic E-state index is 11.6. The van der Waals surface area contributed by atoms with Gasteiger partial charge in [0, 0.05) is 4.47 Å². The second-order valence-electron chi connectivity index (χ2n) is 4.64. The van der Waals surface area contributed by atoms with Gasteiger partial charge in [-0.1, -0.05) is 28.1 Å². The van der Waals surface area contributed by atoms with Crippen molar-refractivity contribution in [2.75, 3.05) is 7.11 Å². The van der Waals surface area contributed by atoms with Gasteiger partial charge in [0.1, 0.15) is 5.54 Å². The summed E-state index contributed by atoms with van der Waals surface area (Å²) in [5.41, 5.74) is 6.52. The van der Waals surface area contributed by atoms with Crippen molar-refractivity contribution < 1.29 is 9.53 Å². The lowest BCUT2D eigenvalue weighted by Gasteiger charge is -2.20. The highest BCUT2D eigenvalue weighted by Gasteiger charge is 2.43. The molecule has 18 heavy (non-hydrogen) atoms. The van der Waals surface area contributed by atoms with E-state index >= 15 is 0 Å². The molecule has 0 amide bonds. The Balaban J connectivity index is 0.00000162. The Bertz CT molecular complexity index is 441. The predicted molar refractivity (Wildman–Crippen MR) is 76.9 cm³/mol. The van der Waals surface area contributed by atoms with Gasteiger partial charge in [-0.25, -0.2) is 0 Å². The Hall–Kier alpha value is -0.580. The number of nitrogens with two attached hydrogens (primary N) is 1. The molecule has 1 aromatic rings. The minimum absolute atomic E-state index is 0. The first-order valence-electron chi connectivity index (χ1n) is 5.68. The summed E-state index contributed by atoms with van der Waals surface area (Å²) < 4.78 is 5.83. The Morgan fingerprint density at radius 1 is 1.56 bits per heavy atom. The van der Waals surface area contributed by atoms with E-state index in [0.29, 0.717) is 18.8 Å². The molecule has 1 aliphatic carbocycles. The molecule has 1 aromatic carbocycles. The largest absolute Gasteiger partial charge is 0.468 e. The van der Waals surface area contributed by atoms with Crippen LogP contribution in [-0.4, -0.2) is 18.6 Å². The van der Waals surface area contributed by atoms with Gasteiger partial charge >= 0.3 is 5.97 Å². The van der Waals surface area contributed by atoms with E-state index in [-0.39, 0.29) is 18.4 Å². The molecule has 1 aliphatic rings. The molecule has 2 atom stereocenters. The van der Waals surface area contributed by atoms with Crippen LogP contribution in [0.1, 0.15) is 30.7 Å². The third-order valence-electron chi connectivity index (χ3n) is 3.46. The zero-order valence-corrected chi connectivity index (χ0v) is 12.6. The summed E-state index contributed by atoms with van der Waals surface area (Å²) in [5.74, 6) is 0.0478. The number of carbonyl (C=O) groups is 1. The first kappa shape index (κ1) is 15.5. The molecule has 0 aromatic heterocycles. The van der Waals surface area contributed by atoms with Gasteiger partial charge in [-0.3, -0.25) is 4.79 Å². The molecule has 100 valence electrons. The van der Waals surface area contributed by atoms with Gasteiger partial charge in [-0.05, 0) is 42.9 Å². The molecule has 0 saturated heterocycles. The first-order valence-corrected chi connectivity index (χ1v) is 6.47. The summed E-state index contributed by atoms with van der Waals surface area (Å²) in [5, 5.41) is 0. The SMILES string of the molecule is COC(=O)[C@]1(N)CC[C@@H](c2cccc(Br)c2)C1.Cl. The van der Waals surface area contributed by atoms with Gasteiger partial charge in [-0.15, -0.1) is 12.4 Å². The van der Waals surface area contributed by atoms with Crippen molar-refractivity contribution in [2.24, 2.45) is 5.73 Å². The second kappa shape index (κ2) is 6.04. The van der Waals surface area contributed by atoms with Crippen molar-refractivity contribution in [1.29, 1.82) is 0 Å². The minimum atomic E-state index is -0.804. The van der Waals surface area contributed by atoms with Gasteiger partial charge in [0.05, 0.1) is 7.11 Å². The lowest BCUT2D eigenvalue weighted by molar-refractivity contribution is -0.146. The zero-order chi connectivity index (χ0) is 12.5. The summed E-state index contributed by atoms with van der Waals surface area (Å²) in [4.78, 5) is 11.6. The van der Waals surface area contributed by atoms with E-state index in [9.17, 15) is 4.79 Å². The predicted octanol–water partition coefficient (Wildman–Crippen LogP) is 3.01. The monoisotopic (exact) mass is 333 g/mol. The lowest BCUT2D eigenvalue weighted by atomic mass is 9.93. The van der Waals surface area contributed by atoms with Gasteiger partial charge in [0.2, 0.25) is 0 Å². The van der Waals surface area contributed by atoms with Crippen LogP contribution in [0.15, 0.2) is 28.7 Å². The smallest absolute Gasteiger partial charge is 0.325 e. The highest BCUT2D eigenvalue weighted by Crippen LogP contribution is 2.40. The molecule has 0 spiro atoms. The van der Waals surface area contributed by atoms with Crippen molar-refractivity contribution in [1.82, 2.24) is 0 Å². The number of halogens is 2. The van der Waals surface area contributed by atoms with E-state index in [1.165, 1.54) is 12.7 Å². The van der Waals surface area contributed by atoms with Crippen LogP contribution in [0.5, 0.6) is 0 Å². The molecule has 3 nitrogen and oxygen atoms in total. The fraction of sp³-hybridized carbons (Fsp3) is 0.462. The van der Waals surface area contributed by atoms with Crippen molar-refractivity contribution >= 4 is 34.3 Å². The molecular weight excluding hydrogens is 318 g/mol. The number of carbonyl (C=O) groups excluding carboxylic acids is 1. The summed E-state index contributed by atoms with van der Waals surface area (Å²) in [6.07, 6.45) is 2.29. The maximum absolute atomic E-state index is 11.6. The molecule has 2 rings (SSSR count). The molecule has 1 fully saturated rings. The third-order valence-corrected chi connectivity index (χ3v) is 3.95. The zero-order valence-electron chi connectivity index (χ0n) is 10.2. The molecule has 5 heteroatoms. The molecule has 0 bridgehead atoms. The Morgan fingerprint density at radius 2 is 2.28 bits per heavy atom. The summed E-state index contributed by atoms with van der Waals surface area (Å²) >= 11 is 3.46. The topological polar surface area (TPSA) is 52.3 Å². The highest BCUT2D eigenvalue weighted by atomic mass is 79.9. The molecular formula is C13H17BrClNO2. The van der Waals surface area contributed by atoms with E-state index < -0.39 is 5.54 Å². The highest BCUT2D eigenvalue weighted by molar-refractivity contribution is 9.10. The van der Waals surface area contributed by atoms with E-state index in [2.05, 4.69) is 28.1 Å². The number of hydrogen-bond donors (Lipinski definition) is 1. The third kappa shape index (κ3) is 3.05. The van der Waals surface area contributed by atoms with E-state index in [1.807, 2.05) is 12.1 Å². The van der Waals surface area contributed by atoms with Crippen molar-refractivity contribution in [3.05, 3.63) is 34.3 Å². The van der Waals surface area contributed by atoms with Crippen LogP contribution in [0.2, 0.25) is 0 Å². The van der Waals surface area contributed by atoms with Crippen LogP contribution in [0.25, 0.3) is 0 Å². The van der Waals surface area contributed by atoms with Crippen LogP contribution in [0.4, 0.5) is 0 Å². The molecule has 0 aliphatic heterocycles. The molecule has 0 heterocycles. The van der Waals surface area contributed by atoms with E-state index in [4.69, 9.17) is 10.5 Å². The Kier molecular flexibility index (Phi) is 5.20. The van der Waals surface area contributed by atoms with Crippen LogP contribution in [0.3, 0.4) is 0 Å². The fourth-order valence-electron chi connectivity index (χ4n) is 2.51. The Morgan fingerprint density at radius 3 is 2.89 bits per heavy atom. The summed E-state index contributed by atoms with van der Waals surface area (Å²) in [7, 11) is 1.39. The fourth-order valence-corrected chi connectivity index (χ4v) is 2.93. The molecule has 2 N–H and O–H groups in total. The quantitative estimate of drug-likeness (QED) is 0.846. The van der Waals surface area contributed by atoms with Crippen LogP contribution >= 0.6 is 28.3 Å². The van der Waals surface area contributed by atoms with E-state index in [1.54, 1.807) is 0 Å². The van der Waals surface area contributed by atoms with E-state index in [0.717, 1.165) is 10.9 Å². The lowest BCUT2D eigenvalue weighted by Crippen LogP contribution is -2.46. The standard InChI is InChI=1S/C13H16BrNO2.ClH/c1-17-12(16)13(15)6-5-10(8-13)9-3-2-4-11(14)7-9;/h2-4,7,10H,5-6,8,15H2,1H3;1H/t10-,13+;/m1./s1. The normalized spacial score (nSPS) is 26.5. The number of esters is 1. The number of hydrogen-bond acceptors (Lipinski definition) is 3. The van der Waals surface area contributed by atoms with Crippen molar-refractivity contribution in [2.45, 2.75) is 30.7 Å². The summed E-state index contributed by atoms with van der Waals surface area (Å²) in [6.45, 7) is 0. The van der Waals surface area contributed by atoms with Gasteiger partial charge in [0.25, 0.3) is 0 Å². The Labute approximate surface area is 122 Å². The average Bonchev–Trinajstić information content (AvgIpc) is 2.72. The number of ether oxygens (including phenoxy) is 1. The van der Waals surface area contributed by atoms with Crippen LogP contribution in [0, 0.1) is 0 Å². The molecule has 0 radical (unpaired) electrons. The van der Waals surface area contributed by atoms with Crippen LogP contribution in [-0.2, 0) is 9.53 Å².